The van der Waals surface area contributed by atoms with Gasteiger partial charge >= 0.3 is 5.97 Å². The molecule has 35 heavy (non-hydrogen) atoms. The first-order valence-electron chi connectivity index (χ1n) is 11.8. The molecule has 1 saturated heterocycles. The number of thiophene rings is 1. The topological polar surface area (TPSA) is 60.9 Å². The Kier molecular flexibility index (Phi) is 9.02. The molecule has 0 atom stereocenters. The lowest BCUT2D eigenvalue weighted by Crippen LogP contribution is -2.50. The van der Waals surface area contributed by atoms with Gasteiger partial charge in [0, 0.05) is 47.8 Å². The predicted octanol–water partition coefficient (Wildman–Crippen LogP) is 5.80. The Balaban J connectivity index is 1.26. The van der Waals surface area contributed by atoms with E-state index in [1.165, 1.54) is 28.7 Å². The molecule has 1 aromatic heterocycles. The summed E-state index contributed by atoms with van der Waals surface area (Å²) in [6.45, 7) is 2.27. The fourth-order valence-corrected chi connectivity index (χ4v) is 5.62. The molecule has 0 spiro atoms. The first-order chi connectivity index (χ1) is 17.1. The van der Waals surface area contributed by atoms with Crippen molar-refractivity contribution < 1.29 is 14.7 Å². The lowest BCUT2D eigenvalue weighted by Gasteiger charge is -2.38. The van der Waals surface area contributed by atoms with E-state index in [1.54, 1.807) is 6.07 Å². The number of hydrogen-bond acceptors (Lipinski definition) is 5. The average Bonchev–Trinajstić information content (AvgIpc) is 3.35. The molecule has 7 heteroatoms. The normalized spacial score (nSPS) is 13.9. The van der Waals surface area contributed by atoms with E-state index in [0.29, 0.717) is 17.8 Å². The number of carboxylic acid groups (broad SMARTS) is 1. The Hall–Kier alpha value is -3.05. The third-order valence-corrected chi connectivity index (χ3v) is 7.73. The molecule has 1 N–H and O–H groups in total. The lowest BCUT2D eigenvalue weighted by atomic mass is 10.0. The van der Waals surface area contributed by atoms with E-state index in [9.17, 15) is 9.59 Å². The maximum absolute atomic E-state index is 12.5. The van der Waals surface area contributed by atoms with Crippen molar-refractivity contribution in [2.45, 2.75) is 25.7 Å². The van der Waals surface area contributed by atoms with Crippen LogP contribution in [0.25, 0.3) is 0 Å². The van der Waals surface area contributed by atoms with Crippen LogP contribution in [0.1, 0.15) is 44.1 Å². The zero-order valence-electron chi connectivity index (χ0n) is 19.5. The van der Waals surface area contributed by atoms with Crippen molar-refractivity contribution in [2.75, 3.05) is 25.4 Å². The van der Waals surface area contributed by atoms with E-state index in [2.05, 4.69) is 35.0 Å². The van der Waals surface area contributed by atoms with Crippen LogP contribution in [-0.4, -0.2) is 51.7 Å². The van der Waals surface area contributed by atoms with Crippen molar-refractivity contribution in [1.82, 2.24) is 10.0 Å². The van der Waals surface area contributed by atoms with Crippen LogP contribution in [0.2, 0.25) is 0 Å². The van der Waals surface area contributed by atoms with Crippen LogP contribution in [0.5, 0.6) is 0 Å². The number of hydrazine groups is 1. The zero-order valence-corrected chi connectivity index (χ0v) is 21.1. The highest BCUT2D eigenvalue weighted by atomic mass is 32.2. The number of hydrogen-bond donors (Lipinski definition) is 1. The number of thioether (sulfide) groups is 1. The van der Waals surface area contributed by atoms with Gasteiger partial charge in [-0.25, -0.2) is 9.80 Å². The fraction of sp³-hybridized carbons (Fsp3) is 0.286. The number of carbonyl (C=O) groups is 2. The zero-order chi connectivity index (χ0) is 24.5. The predicted molar refractivity (Wildman–Crippen MR) is 143 cm³/mol. The third kappa shape index (κ3) is 7.46. The molecule has 0 unspecified atom stereocenters. The molecule has 1 aliphatic rings. The summed E-state index contributed by atoms with van der Waals surface area (Å²) < 4.78 is 0. The number of unbranched alkanes of at least 4 members (excludes halogenated alkanes) is 1. The van der Waals surface area contributed by atoms with Gasteiger partial charge in [0.2, 0.25) is 0 Å². The van der Waals surface area contributed by atoms with Gasteiger partial charge in [-0.3, -0.25) is 9.80 Å². The monoisotopic (exact) mass is 504 g/mol. The second kappa shape index (κ2) is 12.6. The van der Waals surface area contributed by atoms with Crippen molar-refractivity contribution in [2.24, 2.45) is 0 Å². The van der Waals surface area contributed by atoms with Crippen LogP contribution in [-0.2, 0) is 12.8 Å². The number of amides is 1. The second-order valence-electron chi connectivity index (χ2n) is 8.29. The molecule has 0 radical (unpaired) electrons. The molecule has 1 aliphatic heterocycles. The van der Waals surface area contributed by atoms with E-state index in [4.69, 9.17) is 5.11 Å². The summed E-state index contributed by atoms with van der Waals surface area (Å²) in [5.74, 6) is 6.37. The minimum Gasteiger partial charge on any atom is -0.477 e. The van der Waals surface area contributed by atoms with Crippen molar-refractivity contribution >= 4 is 34.3 Å². The van der Waals surface area contributed by atoms with Crippen molar-refractivity contribution in [3.8, 4) is 11.8 Å². The summed E-state index contributed by atoms with van der Waals surface area (Å²) >= 11 is 2.64. The van der Waals surface area contributed by atoms with Gasteiger partial charge in [0.15, 0.2) is 0 Å². The molecule has 1 amide bonds. The highest BCUT2D eigenvalue weighted by Crippen LogP contribution is 2.22. The number of aromatic carboxylic acids is 1. The fourth-order valence-electron chi connectivity index (χ4n) is 3.95. The summed E-state index contributed by atoms with van der Waals surface area (Å²) in [6.07, 6.45) is 3.67. The number of rotatable bonds is 9. The van der Waals surface area contributed by atoms with Gasteiger partial charge in [-0.05, 0) is 61.2 Å². The van der Waals surface area contributed by atoms with Crippen LogP contribution < -0.4 is 0 Å². The maximum Gasteiger partial charge on any atom is 0.345 e. The number of aryl methyl sites for hydroxylation is 1. The first kappa shape index (κ1) is 25.1. The molecule has 2 heterocycles. The maximum atomic E-state index is 12.5. The largest absolute Gasteiger partial charge is 0.477 e. The Morgan fingerprint density at radius 3 is 2.51 bits per heavy atom. The van der Waals surface area contributed by atoms with Crippen LogP contribution in [0, 0.1) is 11.8 Å². The molecular weight excluding hydrogens is 476 g/mol. The summed E-state index contributed by atoms with van der Waals surface area (Å²) in [7, 11) is 0. The smallest absolute Gasteiger partial charge is 0.345 e. The van der Waals surface area contributed by atoms with Crippen molar-refractivity contribution in [3.05, 3.63) is 93.2 Å². The van der Waals surface area contributed by atoms with Gasteiger partial charge in [-0.15, -0.1) is 11.3 Å². The molecule has 5 nitrogen and oxygen atoms in total. The Morgan fingerprint density at radius 2 is 1.71 bits per heavy atom. The van der Waals surface area contributed by atoms with Crippen LogP contribution in [0.4, 0.5) is 4.79 Å². The summed E-state index contributed by atoms with van der Waals surface area (Å²) in [6, 6.07) is 21.9. The second-order valence-corrected chi connectivity index (χ2v) is 10.5. The Labute approximate surface area is 214 Å². The minimum absolute atomic E-state index is 0.0796. The number of carbonyl (C=O) groups excluding carboxylic acids is 1. The summed E-state index contributed by atoms with van der Waals surface area (Å²) in [4.78, 5) is 25.0. The average molecular weight is 505 g/mol. The van der Waals surface area contributed by atoms with Gasteiger partial charge in [-0.2, -0.15) is 0 Å². The van der Waals surface area contributed by atoms with E-state index < -0.39 is 5.97 Å². The van der Waals surface area contributed by atoms with Crippen LogP contribution >= 0.6 is 23.1 Å². The standard InChI is InChI=1S/C28H28N2O3S2/c31-27(32)26-15-14-25(35-26)16-18-30-28(33)34-20-19-29(30)17-5-4-9-23-10-6-11-24(21-23)13-12-22-7-2-1-3-8-22/h1-3,6-8,10-11,14-15,21H,4-5,9,16-20H2,(H,31,32). The number of carboxylic acids is 1. The Morgan fingerprint density at radius 1 is 0.914 bits per heavy atom. The summed E-state index contributed by atoms with van der Waals surface area (Å²) in [5.41, 5.74) is 3.31. The lowest BCUT2D eigenvalue weighted by molar-refractivity contribution is 0.0270. The molecule has 2 aromatic carbocycles. The van der Waals surface area contributed by atoms with Gasteiger partial charge in [-0.1, -0.05) is 53.9 Å². The molecule has 0 aliphatic carbocycles. The molecule has 0 saturated carbocycles. The molecule has 3 aromatic rings. The van der Waals surface area contributed by atoms with E-state index in [1.807, 2.05) is 47.5 Å². The summed E-state index contributed by atoms with van der Waals surface area (Å²) in [5, 5.41) is 13.2. The minimum atomic E-state index is -0.902. The molecule has 4 rings (SSSR count). The molecular formula is C28H28N2O3S2. The van der Waals surface area contributed by atoms with Crippen molar-refractivity contribution in [3.63, 3.8) is 0 Å². The number of benzene rings is 2. The first-order valence-corrected chi connectivity index (χ1v) is 13.6. The van der Waals surface area contributed by atoms with Gasteiger partial charge < -0.3 is 5.11 Å². The quantitative estimate of drug-likeness (QED) is 0.295. The van der Waals surface area contributed by atoms with Crippen molar-refractivity contribution in [1.29, 1.82) is 0 Å². The molecule has 180 valence electrons. The third-order valence-electron chi connectivity index (χ3n) is 5.75. The SMILES string of the molecule is O=C(O)c1ccc(CCN2C(=O)SCCN2CCCCc2cccc(C#Cc3ccccc3)c2)s1. The Bertz CT molecular complexity index is 1210. The number of nitrogens with zero attached hydrogens (tertiary/aromatic N) is 2. The van der Waals surface area contributed by atoms with E-state index in [0.717, 1.165) is 54.1 Å². The van der Waals surface area contributed by atoms with Gasteiger partial charge in [0.25, 0.3) is 5.24 Å². The highest BCUT2D eigenvalue weighted by molar-refractivity contribution is 8.13. The van der Waals surface area contributed by atoms with Crippen LogP contribution in [0.15, 0.2) is 66.7 Å². The van der Waals surface area contributed by atoms with Crippen LogP contribution in [0.3, 0.4) is 0 Å². The van der Waals surface area contributed by atoms with E-state index in [-0.39, 0.29) is 5.24 Å². The van der Waals surface area contributed by atoms with Gasteiger partial charge in [0.05, 0.1) is 0 Å². The van der Waals surface area contributed by atoms with E-state index >= 15 is 0 Å². The van der Waals surface area contributed by atoms with Gasteiger partial charge in [0.1, 0.15) is 4.88 Å². The highest BCUT2D eigenvalue weighted by Gasteiger charge is 2.26. The molecule has 0 bridgehead atoms. The molecule has 1 fully saturated rings.